The number of aromatic nitrogens is 2. The van der Waals surface area contributed by atoms with Crippen LogP contribution in [0.5, 0.6) is 0 Å². The first-order chi connectivity index (χ1) is 10.6. The minimum absolute atomic E-state index is 0.0648. The number of hydrogen-bond acceptors (Lipinski definition) is 3. The average molecular weight is 305 g/mol. The number of nitrogens with zero attached hydrogens (tertiary/aromatic N) is 3. The molecule has 3 rings (SSSR count). The molecule has 1 unspecified atom stereocenters. The molecule has 1 aromatic heterocycles. The predicted molar refractivity (Wildman–Crippen MR) is 80.7 cm³/mol. The maximum atomic E-state index is 12.8. The zero-order valence-corrected chi connectivity index (χ0v) is 13.0. The molecule has 1 aliphatic heterocycles. The largest absolute Gasteiger partial charge is 0.481 e. The molecule has 6 heteroatoms. The minimum atomic E-state index is -0.758. The van der Waals surface area contributed by atoms with Gasteiger partial charge in [-0.25, -0.2) is 0 Å². The molecule has 1 aromatic rings. The first-order valence-electron chi connectivity index (χ1n) is 8.09. The Labute approximate surface area is 130 Å². The summed E-state index contributed by atoms with van der Waals surface area (Å²) in [6.45, 7) is 1.44. The fraction of sp³-hybridized carbons (Fsp3) is 0.688. The van der Waals surface area contributed by atoms with Crippen molar-refractivity contribution in [1.82, 2.24) is 14.7 Å². The molecule has 1 saturated heterocycles. The number of amides is 1. The van der Waals surface area contributed by atoms with Gasteiger partial charge in [-0.1, -0.05) is 0 Å². The maximum Gasteiger partial charge on any atom is 0.303 e. The van der Waals surface area contributed by atoms with Crippen LogP contribution in [0.2, 0.25) is 0 Å². The van der Waals surface area contributed by atoms with Crippen molar-refractivity contribution in [2.24, 2.45) is 13.0 Å². The van der Waals surface area contributed by atoms with E-state index in [2.05, 4.69) is 5.10 Å². The number of carbonyl (C=O) groups is 2. The number of rotatable bonds is 5. The van der Waals surface area contributed by atoms with E-state index >= 15 is 0 Å². The van der Waals surface area contributed by atoms with Crippen LogP contribution in [0.4, 0.5) is 0 Å². The van der Waals surface area contributed by atoms with Gasteiger partial charge in [-0.3, -0.25) is 14.3 Å². The third kappa shape index (κ3) is 3.15. The van der Waals surface area contributed by atoms with E-state index in [4.69, 9.17) is 5.11 Å². The highest BCUT2D eigenvalue weighted by atomic mass is 16.4. The summed E-state index contributed by atoms with van der Waals surface area (Å²) in [5.74, 6) is 0.0932. The van der Waals surface area contributed by atoms with Crippen molar-refractivity contribution in [2.75, 3.05) is 13.1 Å². The Morgan fingerprint density at radius 3 is 2.82 bits per heavy atom. The van der Waals surface area contributed by atoms with Gasteiger partial charge in [0.25, 0.3) is 5.91 Å². The fourth-order valence-electron chi connectivity index (χ4n) is 3.44. The number of aryl methyl sites for hydroxylation is 1. The first-order valence-corrected chi connectivity index (χ1v) is 8.09. The van der Waals surface area contributed by atoms with Crippen LogP contribution < -0.4 is 0 Å². The van der Waals surface area contributed by atoms with Crippen molar-refractivity contribution in [3.8, 4) is 0 Å². The second-order valence-corrected chi connectivity index (χ2v) is 6.53. The van der Waals surface area contributed by atoms with Crippen molar-refractivity contribution in [3.63, 3.8) is 0 Å². The van der Waals surface area contributed by atoms with Crippen molar-refractivity contribution >= 4 is 11.9 Å². The summed E-state index contributed by atoms with van der Waals surface area (Å²) in [5.41, 5.74) is 1.81. The Hall–Kier alpha value is -1.85. The molecular formula is C16H23N3O3. The van der Waals surface area contributed by atoms with E-state index < -0.39 is 5.97 Å². The third-order valence-electron chi connectivity index (χ3n) is 4.75. The number of piperidine rings is 1. The number of aliphatic carboxylic acids is 1. The van der Waals surface area contributed by atoms with E-state index in [1.54, 1.807) is 6.20 Å². The topological polar surface area (TPSA) is 75.4 Å². The molecule has 0 spiro atoms. The summed E-state index contributed by atoms with van der Waals surface area (Å²) in [6.07, 6.45) is 6.78. The second kappa shape index (κ2) is 6.10. The quantitative estimate of drug-likeness (QED) is 0.903. The van der Waals surface area contributed by atoms with Crippen molar-refractivity contribution in [1.29, 1.82) is 0 Å². The van der Waals surface area contributed by atoms with E-state index in [9.17, 15) is 9.59 Å². The van der Waals surface area contributed by atoms with Crippen LogP contribution in [0.3, 0.4) is 0 Å². The SMILES string of the molecule is Cn1ncc(C(=O)N2CCCC(CCC(=O)O)C2)c1C1CC1. The summed E-state index contributed by atoms with van der Waals surface area (Å²) in [5, 5.41) is 13.1. The summed E-state index contributed by atoms with van der Waals surface area (Å²) in [6, 6.07) is 0. The van der Waals surface area contributed by atoms with E-state index in [0.29, 0.717) is 24.8 Å². The van der Waals surface area contributed by atoms with Crippen LogP contribution in [0, 0.1) is 5.92 Å². The molecular weight excluding hydrogens is 282 g/mol. The highest BCUT2D eigenvalue weighted by molar-refractivity contribution is 5.95. The monoisotopic (exact) mass is 305 g/mol. The number of carboxylic acid groups (broad SMARTS) is 1. The zero-order chi connectivity index (χ0) is 15.7. The van der Waals surface area contributed by atoms with Gasteiger partial charge in [0.15, 0.2) is 0 Å². The standard InChI is InChI=1S/C16H23N3O3/c1-18-15(12-5-6-12)13(9-17-18)16(22)19-8-2-3-11(10-19)4-7-14(20)21/h9,11-12H,2-8,10H2,1H3,(H,20,21). The van der Waals surface area contributed by atoms with Crippen LogP contribution >= 0.6 is 0 Å². The first kappa shape index (κ1) is 15.1. The Morgan fingerprint density at radius 2 is 2.14 bits per heavy atom. The number of carboxylic acids is 1. The Balaban J connectivity index is 1.68. The van der Waals surface area contributed by atoms with Gasteiger partial charge in [-0.05, 0) is 38.0 Å². The van der Waals surface area contributed by atoms with Crippen LogP contribution in [-0.2, 0) is 11.8 Å². The number of likely N-dealkylation sites (tertiary alicyclic amines) is 1. The zero-order valence-electron chi connectivity index (χ0n) is 13.0. The molecule has 1 saturated carbocycles. The summed E-state index contributed by atoms with van der Waals surface area (Å²) < 4.78 is 1.83. The van der Waals surface area contributed by atoms with Crippen LogP contribution in [0.1, 0.15) is 60.5 Å². The number of hydrogen-bond donors (Lipinski definition) is 1. The smallest absolute Gasteiger partial charge is 0.303 e. The third-order valence-corrected chi connectivity index (χ3v) is 4.75. The highest BCUT2D eigenvalue weighted by Crippen LogP contribution is 2.41. The van der Waals surface area contributed by atoms with Gasteiger partial charge in [0, 0.05) is 32.5 Å². The molecule has 0 bridgehead atoms. The van der Waals surface area contributed by atoms with Gasteiger partial charge in [0.1, 0.15) is 0 Å². The lowest BCUT2D eigenvalue weighted by molar-refractivity contribution is -0.137. The Bertz CT molecular complexity index is 577. The minimum Gasteiger partial charge on any atom is -0.481 e. The average Bonchev–Trinajstić information content (AvgIpc) is 3.27. The molecule has 120 valence electrons. The molecule has 0 radical (unpaired) electrons. The summed E-state index contributed by atoms with van der Waals surface area (Å²) in [7, 11) is 1.90. The van der Waals surface area contributed by atoms with Gasteiger partial charge in [0.05, 0.1) is 17.5 Å². The maximum absolute atomic E-state index is 12.8. The van der Waals surface area contributed by atoms with Crippen molar-refractivity contribution in [2.45, 2.75) is 44.4 Å². The van der Waals surface area contributed by atoms with E-state index in [1.807, 2.05) is 16.6 Å². The Kier molecular flexibility index (Phi) is 4.18. The van der Waals surface area contributed by atoms with Gasteiger partial charge in [-0.2, -0.15) is 5.10 Å². The Morgan fingerprint density at radius 1 is 1.36 bits per heavy atom. The molecule has 6 nitrogen and oxygen atoms in total. The molecule has 1 aliphatic carbocycles. The lowest BCUT2D eigenvalue weighted by Crippen LogP contribution is -2.40. The van der Waals surface area contributed by atoms with Gasteiger partial charge in [-0.15, -0.1) is 0 Å². The van der Waals surface area contributed by atoms with Crippen molar-refractivity contribution < 1.29 is 14.7 Å². The summed E-state index contributed by atoms with van der Waals surface area (Å²) in [4.78, 5) is 25.4. The van der Waals surface area contributed by atoms with E-state index in [1.165, 1.54) is 0 Å². The second-order valence-electron chi connectivity index (χ2n) is 6.53. The van der Waals surface area contributed by atoms with Gasteiger partial charge < -0.3 is 10.0 Å². The lowest BCUT2D eigenvalue weighted by Gasteiger charge is -2.32. The van der Waals surface area contributed by atoms with Gasteiger partial charge >= 0.3 is 5.97 Å². The molecule has 2 aliphatic rings. The van der Waals surface area contributed by atoms with Gasteiger partial charge in [0.2, 0.25) is 0 Å². The molecule has 2 heterocycles. The van der Waals surface area contributed by atoms with Crippen molar-refractivity contribution in [3.05, 3.63) is 17.5 Å². The van der Waals surface area contributed by atoms with Crippen LogP contribution in [0.15, 0.2) is 6.20 Å². The fourth-order valence-corrected chi connectivity index (χ4v) is 3.44. The predicted octanol–water partition coefficient (Wildman–Crippen LogP) is 2.01. The van der Waals surface area contributed by atoms with Crippen LogP contribution in [0.25, 0.3) is 0 Å². The summed E-state index contributed by atoms with van der Waals surface area (Å²) >= 11 is 0. The van der Waals surface area contributed by atoms with Crippen LogP contribution in [-0.4, -0.2) is 44.8 Å². The normalized spacial score (nSPS) is 21.9. The highest BCUT2D eigenvalue weighted by Gasteiger charge is 2.34. The molecule has 1 atom stereocenters. The molecule has 22 heavy (non-hydrogen) atoms. The molecule has 2 fully saturated rings. The lowest BCUT2D eigenvalue weighted by atomic mass is 9.93. The van der Waals surface area contributed by atoms with E-state index in [-0.39, 0.29) is 12.3 Å². The molecule has 1 amide bonds. The molecule has 1 N–H and O–H groups in total. The van der Waals surface area contributed by atoms with E-state index in [0.717, 1.165) is 43.5 Å². The number of carbonyl (C=O) groups excluding carboxylic acids is 1. The molecule has 0 aromatic carbocycles.